The third-order valence-corrected chi connectivity index (χ3v) is 4.67. The summed E-state index contributed by atoms with van der Waals surface area (Å²) in [6, 6.07) is 8.56. The van der Waals surface area contributed by atoms with Gasteiger partial charge in [-0.25, -0.2) is 4.79 Å². The fourth-order valence-corrected chi connectivity index (χ4v) is 3.23. The van der Waals surface area contributed by atoms with Gasteiger partial charge in [-0.3, -0.25) is 19.7 Å². The number of rotatable bonds is 8. The van der Waals surface area contributed by atoms with Gasteiger partial charge in [-0.2, -0.15) is 0 Å². The zero-order valence-corrected chi connectivity index (χ0v) is 17.1. The maximum absolute atomic E-state index is 12.1. The van der Waals surface area contributed by atoms with E-state index in [2.05, 4.69) is 16.0 Å². The molecule has 0 bridgehead atoms. The van der Waals surface area contributed by atoms with Crippen LogP contribution in [0.2, 0.25) is 0 Å². The van der Waals surface area contributed by atoms with Gasteiger partial charge >= 0.3 is 12.0 Å². The fourth-order valence-electron chi connectivity index (χ4n) is 2.52. The number of ether oxygens (including phenoxy) is 1. The number of urea groups is 1. The Hall–Kier alpha value is -3.20. The smallest absolute Gasteiger partial charge is 0.325 e. The number of thiophene rings is 1. The lowest BCUT2D eigenvalue weighted by molar-refractivity contribution is -0.147. The summed E-state index contributed by atoms with van der Waals surface area (Å²) >= 11 is 1.58. The number of aryl methyl sites for hydroxylation is 2. The summed E-state index contributed by atoms with van der Waals surface area (Å²) in [5.74, 6) is -1.95. The van der Waals surface area contributed by atoms with Gasteiger partial charge in [0.25, 0.3) is 11.8 Å². The predicted octanol–water partition coefficient (Wildman–Crippen LogP) is 1.71. The van der Waals surface area contributed by atoms with Gasteiger partial charge in [0.05, 0.1) is 0 Å². The highest BCUT2D eigenvalue weighted by Gasteiger charge is 2.13. The molecule has 0 unspecified atom stereocenters. The van der Waals surface area contributed by atoms with Crippen LogP contribution in [0.15, 0.2) is 35.7 Å². The van der Waals surface area contributed by atoms with Crippen molar-refractivity contribution in [3.8, 4) is 0 Å². The van der Waals surface area contributed by atoms with E-state index in [1.807, 2.05) is 37.4 Å². The number of hydrogen-bond donors (Lipinski definition) is 3. The van der Waals surface area contributed by atoms with Crippen molar-refractivity contribution in [2.75, 3.05) is 19.7 Å². The minimum absolute atomic E-state index is 0.379. The minimum atomic E-state index is -0.782. The maximum atomic E-state index is 12.1. The van der Waals surface area contributed by atoms with Crippen molar-refractivity contribution in [1.29, 1.82) is 0 Å². The van der Waals surface area contributed by atoms with E-state index in [1.165, 1.54) is 0 Å². The second-order valence-electron chi connectivity index (χ2n) is 6.35. The van der Waals surface area contributed by atoms with E-state index in [0.717, 1.165) is 16.0 Å². The Morgan fingerprint density at radius 3 is 2.41 bits per heavy atom. The highest BCUT2D eigenvalue weighted by atomic mass is 32.1. The number of imide groups is 1. The van der Waals surface area contributed by atoms with E-state index in [1.54, 1.807) is 23.5 Å². The van der Waals surface area contributed by atoms with Crippen LogP contribution in [0.1, 0.15) is 26.4 Å². The summed E-state index contributed by atoms with van der Waals surface area (Å²) in [5.41, 5.74) is 2.30. The molecule has 4 amide bonds. The van der Waals surface area contributed by atoms with Crippen molar-refractivity contribution in [3.05, 3.63) is 57.3 Å². The van der Waals surface area contributed by atoms with Crippen LogP contribution in [-0.4, -0.2) is 43.5 Å². The molecule has 154 valence electrons. The molecule has 0 aliphatic heterocycles. The number of esters is 1. The number of carbonyl (C=O) groups excluding carboxylic acids is 4. The van der Waals surface area contributed by atoms with E-state index < -0.39 is 30.4 Å². The lowest BCUT2D eigenvalue weighted by Gasteiger charge is -2.08. The Kier molecular flexibility index (Phi) is 8.35. The number of carbonyl (C=O) groups is 4. The van der Waals surface area contributed by atoms with Gasteiger partial charge in [0, 0.05) is 17.0 Å². The van der Waals surface area contributed by atoms with Gasteiger partial charge in [-0.05, 0) is 43.8 Å². The molecular formula is C20H23N3O5S. The monoisotopic (exact) mass is 417 g/mol. The van der Waals surface area contributed by atoms with Crippen LogP contribution in [0.4, 0.5) is 4.79 Å². The van der Waals surface area contributed by atoms with Gasteiger partial charge in [-0.1, -0.05) is 23.3 Å². The Morgan fingerprint density at radius 2 is 1.76 bits per heavy atom. The van der Waals surface area contributed by atoms with E-state index in [4.69, 9.17) is 4.74 Å². The quantitative estimate of drug-likeness (QED) is 0.566. The Labute approximate surface area is 172 Å². The van der Waals surface area contributed by atoms with E-state index in [9.17, 15) is 19.2 Å². The molecule has 8 nitrogen and oxygen atoms in total. The molecule has 3 N–H and O–H groups in total. The summed E-state index contributed by atoms with van der Waals surface area (Å²) < 4.78 is 4.76. The second-order valence-corrected chi connectivity index (χ2v) is 7.39. The topological polar surface area (TPSA) is 114 Å². The van der Waals surface area contributed by atoms with Crippen molar-refractivity contribution >= 4 is 35.2 Å². The van der Waals surface area contributed by atoms with Crippen LogP contribution in [0.25, 0.3) is 0 Å². The number of amides is 4. The molecule has 1 heterocycles. The molecule has 0 spiro atoms. The number of nitrogens with one attached hydrogen (secondary N) is 3. The molecule has 0 atom stereocenters. The summed E-state index contributed by atoms with van der Waals surface area (Å²) in [6.45, 7) is 3.12. The third-order valence-electron chi connectivity index (χ3n) is 3.73. The van der Waals surface area contributed by atoms with Gasteiger partial charge in [0.15, 0.2) is 6.61 Å². The van der Waals surface area contributed by atoms with Crippen LogP contribution in [0, 0.1) is 13.8 Å². The molecule has 0 aliphatic carbocycles. The Morgan fingerprint density at radius 1 is 1.03 bits per heavy atom. The molecule has 1 aromatic carbocycles. The van der Waals surface area contributed by atoms with Gasteiger partial charge in [0.2, 0.25) is 0 Å². The molecule has 9 heteroatoms. The molecular weight excluding hydrogens is 394 g/mol. The number of hydrogen-bond acceptors (Lipinski definition) is 6. The van der Waals surface area contributed by atoms with Gasteiger partial charge in [-0.15, -0.1) is 11.3 Å². The van der Waals surface area contributed by atoms with Crippen molar-refractivity contribution in [2.24, 2.45) is 0 Å². The lowest BCUT2D eigenvalue weighted by Crippen LogP contribution is -2.42. The minimum Gasteiger partial charge on any atom is -0.454 e. The predicted molar refractivity (Wildman–Crippen MR) is 109 cm³/mol. The summed E-state index contributed by atoms with van der Waals surface area (Å²) in [7, 11) is 0. The first-order valence-corrected chi connectivity index (χ1v) is 9.83. The molecule has 0 saturated carbocycles. The SMILES string of the molecule is Cc1cc(C)cc(C(=O)NCC(=O)OCC(=O)NC(=O)NCCc2cccs2)c1. The second kappa shape index (κ2) is 11.0. The van der Waals surface area contributed by atoms with Gasteiger partial charge < -0.3 is 15.4 Å². The Balaban J connectivity index is 1.63. The van der Waals surface area contributed by atoms with Crippen LogP contribution < -0.4 is 16.0 Å². The van der Waals surface area contributed by atoms with Crippen molar-refractivity contribution in [3.63, 3.8) is 0 Å². The summed E-state index contributed by atoms with van der Waals surface area (Å²) in [4.78, 5) is 48.1. The average molecular weight is 417 g/mol. The van der Waals surface area contributed by atoms with Crippen LogP contribution >= 0.6 is 11.3 Å². The molecule has 0 aliphatic rings. The molecule has 29 heavy (non-hydrogen) atoms. The van der Waals surface area contributed by atoms with Crippen LogP contribution in [0.3, 0.4) is 0 Å². The molecule has 0 radical (unpaired) electrons. The lowest BCUT2D eigenvalue weighted by atomic mass is 10.1. The van der Waals surface area contributed by atoms with E-state index in [-0.39, 0.29) is 6.54 Å². The van der Waals surface area contributed by atoms with Crippen LogP contribution in [0.5, 0.6) is 0 Å². The summed E-state index contributed by atoms with van der Waals surface area (Å²) in [5, 5.41) is 8.99. The van der Waals surface area contributed by atoms with E-state index in [0.29, 0.717) is 18.5 Å². The highest BCUT2D eigenvalue weighted by Crippen LogP contribution is 2.09. The maximum Gasteiger partial charge on any atom is 0.325 e. The first kappa shape index (κ1) is 22.1. The Bertz CT molecular complexity index is 860. The molecule has 0 fully saturated rings. The first-order valence-electron chi connectivity index (χ1n) is 8.95. The zero-order chi connectivity index (χ0) is 21.2. The van der Waals surface area contributed by atoms with Gasteiger partial charge in [0.1, 0.15) is 6.54 Å². The van der Waals surface area contributed by atoms with E-state index >= 15 is 0 Å². The molecule has 2 rings (SSSR count). The highest BCUT2D eigenvalue weighted by molar-refractivity contribution is 7.09. The number of benzene rings is 1. The average Bonchev–Trinajstić information content (AvgIpc) is 3.17. The molecule has 0 saturated heterocycles. The fraction of sp³-hybridized carbons (Fsp3) is 0.300. The third kappa shape index (κ3) is 8.14. The first-order chi connectivity index (χ1) is 13.8. The zero-order valence-electron chi connectivity index (χ0n) is 16.2. The van der Waals surface area contributed by atoms with Crippen molar-refractivity contribution in [2.45, 2.75) is 20.3 Å². The molecule has 2 aromatic rings. The standard InChI is InChI=1S/C20H23N3O5S/c1-13-8-14(2)10-15(9-13)19(26)22-11-18(25)28-12-17(24)23-20(27)21-6-5-16-4-3-7-29-16/h3-4,7-10H,5-6,11-12H2,1-2H3,(H,22,26)(H2,21,23,24,27). The van der Waals surface area contributed by atoms with Crippen molar-refractivity contribution < 1.29 is 23.9 Å². The van der Waals surface area contributed by atoms with Crippen LogP contribution in [-0.2, 0) is 20.7 Å². The van der Waals surface area contributed by atoms with Crippen molar-refractivity contribution in [1.82, 2.24) is 16.0 Å². The summed E-state index contributed by atoms with van der Waals surface area (Å²) in [6.07, 6.45) is 0.661. The largest absolute Gasteiger partial charge is 0.454 e. The normalized spacial score (nSPS) is 10.1. The molecule has 1 aromatic heterocycles.